The standard InChI is InChI=1S/C20H25NO3S/c1-5-15-8-7-9-16(6-2)19(15)21-20(22)17-10-12-18(13-11-17)25(23,24)14(3)4/h7-14H,5-6H2,1-4H3,(H,21,22). The summed E-state index contributed by atoms with van der Waals surface area (Å²) in [6.07, 6.45) is 1.66. The number of amides is 1. The molecule has 0 unspecified atom stereocenters. The molecular formula is C20H25NO3S. The molecule has 2 rings (SSSR count). The molecule has 0 aliphatic rings. The minimum Gasteiger partial charge on any atom is -0.321 e. The zero-order valence-corrected chi connectivity index (χ0v) is 16.0. The minimum atomic E-state index is -3.33. The van der Waals surface area contributed by atoms with Crippen LogP contribution >= 0.6 is 0 Å². The van der Waals surface area contributed by atoms with Gasteiger partial charge >= 0.3 is 0 Å². The topological polar surface area (TPSA) is 63.2 Å². The summed E-state index contributed by atoms with van der Waals surface area (Å²) in [6, 6.07) is 12.1. The number of carbonyl (C=O) groups is 1. The fourth-order valence-corrected chi connectivity index (χ4v) is 3.72. The predicted octanol–water partition coefficient (Wildman–Crippen LogP) is 4.25. The van der Waals surface area contributed by atoms with Gasteiger partial charge in [-0.05, 0) is 62.1 Å². The van der Waals surface area contributed by atoms with E-state index in [2.05, 4.69) is 19.2 Å². The van der Waals surface area contributed by atoms with E-state index in [9.17, 15) is 13.2 Å². The molecule has 4 nitrogen and oxygen atoms in total. The number of nitrogens with one attached hydrogen (secondary N) is 1. The third kappa shape index (κ3) is 4.10. The van der Waals surface area contributed by atoms with Crippen molar-refractivity contribution in [3.63, 3.8) is 0 Å². The maximum absolute atomic E-state index is 12.6. The van der Waals surface area contributed by atoms with E-state index in [1.54, 1.807) is 26.0 Å². The van der Waals surface area contributed by atoms with Crippen LogP contribution in [0.15, 0.2) is 47.4 Å². The number of carbonyl (C=O) groups excluding carboxylic acids is 1. The zero-order valence-electron chi connectivity index (χ0n) is 15.2. The first-order valence-corrected chi connectivity index (χ1v) is 10.1. The highest BCUT2D eigenvalue weighted by Gasteiger charge is 2.19. The summed E-state index contributed by atoms with van der Waals surface area (Å²) in [6.45, 7) is 7.39. The van der Waals surface area contributed by atoms with Crippen LogP contribution in [-0.4, -0.2) is 19.6 Å². The smallest absolute Gasteiger partial charge is 0.255 e. The lowest BCUT2D eigenvalue weighted by molar-refractivity contribution is 0.102. The van der Waals surface area contributed by atoms with Crippen molar-refractivity contribution in [2.75, 3.05) is 5.32 Å². The molecule has 2 aromatic carbocycles. The van der Waals surface area contributed by atoms with E-state index in [1.165, 1.54) is 12.1 Å². The molecule has 0 aliphatic heterocycles. The number of rotatable bonds is 6. The van der Waals surface area contributed by atoms with Crippen LogP contribution in [0.5, 0.6) is 0 Å². The van der Waals surface area contributed by atoms with Gasteiger partial charge in [0.25, 0.3) is 5.91 Å². The molecule has 2 aromatic rings. The summed E-state index contributed by atoms with van der Waals surface area (Å²) < 4.78 is 24.3. The third-order valence-electron chi connectivity index (χ3n) is 4.30. The molecule has 1 N–H and O–H groups in total. The molecule has 0 fully saturated rings. The Morgan fingerprint density at radius 1 is 0.960 bits per heavy atom. The van der Waals surface area contributed by atoms with Crippen molar-refractivity contribution in [2.24, 2.45) is 0 Å². The van der Waals surface area contributed by atoms with Crippen molar-refractivity contribution in [3.8, 4) is 0 Å². The molecule has 25 heavy (non-hydrogen) atoms. The molecular weight excluding hydrogens is 334 g/mol. The van der Waals surface area contributed by atoms with Gasteiger partial charge in [-0.15, -0.1) is 0 Å². The summed E-state index contributed by atoms with van der Waals surface area (Å²) in [5.74, 6) is -0.232. The Morgan fingerprint density at radius 2 is 1.48 bits per heavy atom. The number of hydrogen-bond acceptors (Lipinski definition) is 3. The lowest BCUT2D eigenvalue weighted by Gasteiger charge is -2.15. The molecule has 0 heterocycles. The third-order valence-corrected chi connectivity index (χ3v) is 6.47. The van der Waals surface area contributed by atoms with Crippen LogP contribution in [0, 0.1) is 0 Å². The van der Waals surface area contributed by atoms with Crippen LogP contribution in [0.1, 0.15) is 49.2 Å². The Morgan fingerprint density at radius 3 is 1.92 bits per heavy atom. The van der Waals surface area contributed by atoms with Crippen LogP contribution in [0.4, 0.5) is 5.69 Å². The van der Waals surface area contributed by atoms with Gasteiger partial charge in [0.05, 0.1) is 10.1 Å². The van der Waals surface area contributed by atoms with Crippen molar-refractivity contribution < 1.29 is 13.2 Å². The first-order chi connectivity index (χ1) is 11.8. The molecule has 5 heteroatoms. The van der Waals surface area contributed by atoms with Crippen molar-refractivity contribution >= 4 is 21.4 Å². The lowest BCUT2D eigenvalue weighted by Crippen LogP contribution is -2.16. The van der Waals surface area contributed by atoms with Gasteiger partial charge in [-0.2, -0.15) is 0 Å². The first-order valence-electron chi connectivity index (χ1n) is 8.57. The van der Waals surface area contributed by atoms with Gasteiger partial charge in [-0.1, -0.05) is 32.0 Å². The van der Waals surface area contributed by atoms with Gasteiger partial charge in [0.15, 0.2) is 9.84 Å². The van der Waals surface area contributed by atoms with E-state index in [-0.39, 0.29) is 10.8 Å². The number of benzene rings is 2. The Hall–Kier alpha value is -2.14. The van der Waals surface area contributed by atoms with Crippen molar-refractivity contribution in [1.29, 1.82) is 0 Å². The molecule has 0 saturated carbocycles. The SMILES string of the molecule is CCc1cccc(CC)c1NC(=O)c1ccc(S(=O)(=O)C(C)C)cc1. The Kier molecular flexibility index (Phi) is 6.01. The molecule has 0 aliphatic carbocycles. The number of hydrogen-bond donors (Lipinski definition) is 1. The van der Waals surface area contributed by atoms with E-state index in [4.69, 9.17) is 0 Å². The highest BCUT2D eigenvalue weighted by molar-refractivity contribution is 7.92. The minimum absolute atomic E-state index is 0.232. The van der Waals surface area contributed by atoms with Gasteiger partial charge in [-0.25, -0.2) is 8.42 Å². The Balaban J connectivity index is 2.29. The molecule has 0 atom stereocenters. The number of anilines is 1. The molecule has 0 bridgehead atoms. The van der Waals surface area contributed by atoms with Gasteiger partial charge in [-0.3, -0.25) is 4.79 Å². The second kappa shape index (κ2) is 7.83. The predicted molar refractivity (Wildman–Crippen MR) is 102 cm³/mol. The molecule has 134 valence electrons. The zero-order chi connectivity index (χ0) is 18.6. The molecule has 0 spiro atoms. The molecule has 1 amide bonds. The first kappa shape index (κ1) is 19.2. The fourth-order valence-electron chi connectivity index (χ4n) is 2.66. The highest BCUT2D eigenvalue weighted by atomic mass is 32.2. The van der Waals surface area contributed by atoms with Gasteiger partial charge in [0, 0.05) is 11.3 Å². The molecule has 0 aromatic heterocycles. The summed E-state index contributed by atoms with van der Waals surface area (Å²) in [7, 11) is -3.33. The average molecular weight is 359 g/mol. The van der Waals surface area contributed by atoms with E-state index in [1.807, 2.05) is 18.2 Å². The van der Waals surface area contributed by atoms with Crippen LogP contribution in [0.2, 0.25) is 0 Å². The van der Waals surface area contributed by atoms with Crippen LogP contribution in [-0.2, 0) is 22.7 Å². The second-order valence-electron chi connectivity index (χ2n) is 6.23. The maximum atomic E-state index is 12.6. The van der Waals surface area contributed by atoms with Gasteiger partial charge in [0.1, 0.15) is 0 Å². The van der Waals surface area contributed by atoms with Crippen molar-refractivity contribution in [3.05, 3.63) is 59.2 Å². The quantitative estimate of drug-likeness (QED) is 0.839. The van der Waals surface area contributed by atoms with Gasteiger partial charge < -0.3 is 5.32 Å². The normalized spacial score (nSPS) is 11.6. The summed E-state index contributed by atoms with van der Waals surface area (Å²) in [4.78, 5) is 12.8. The van der Waals surface area contributed by atoms with Crippen molar-refractivity contribution in [2.45, 2.75) is 50.7 Å². The number of sulfone groups is 1. The second-order valence-corrected chi connectivity index (χ2v) is 8.73. The van der Waals surface area contributed by atoms with Crippen LogP contribution in [0.3, 0.4) is 0 Å². The Labute approximate surface area is 150 Å². The Bertz CT molecular complexity index is 831. The number of aryl methyl sites for hydroxylation is 2. The van der Waals surface area contributed by atoms with E-state index in [0.717, 1.165) is 29.7 Å². The summed E-state index contributed by atoms with van der Waals surface area (Å²) >= 11 is 0. The summed E-state index contributed by atoms with van der Waals surface area (Å²) in [5, 5.41) is 2.50. The maximum Gasteiger partial charge on any atom is 0.255 e. The van der Waals surface area contributed by atoms with Crippen LogP contribution in [0.25, 0.3) is 0 Å². The van der Waals surface area contributed by atoms with E-state index >= 15 is 0 Å². The highest BCUT2D eigenvalue weighted by Crippen LogP contribution is 2.24. The van der Waals surface area contributed by atoms with E-state index in [0.29, 0.717) is 5.56 Å². The van der Waals surface area contributed by atoms with E-state index < -0.39 is 15.1 Å². The molecule has 0 radical (unpaired) electrons. The largest absolute Gasteiger partial charge is 0.321 e. The lowest BCUT2D eigenvalue weighted by atomic mass is 10.0. The fraction of sp³-hybridized carbons (Fsp3) is 0.350. The van der Waals surface area contributed by atoms with Crippen LogP contribution < -0.4 is 5.32 Å². The monoisotopic (exact) mass is 359 g/mol. The van der Waals surface area contributed by atoms with Gasteiger partial charge in [0.2, 0.25) is 0 Å². The number of para-hydroxylation sites is 1. The summed E-state index contributed by atoms with van der Waals surface area (Å²) in [5.41, 5.74) is 3.48. The average Bonchev–Trinajstić information content (AvgIpc) is 2.61. The van der Waals surface area contributed by atoms with Crippen molar-refractivity contribution in [1.82, 2.24) is 0 Å². The molecule has 0 saturated heterocycles.